The van der Waals surface area contributed by atoms with Crippen LogP contribution in [0.1, 0.15) is 30.9 Å². The third-order valence-corrected chi connectivity index (χ3v) is 3.91. The fraction of sp³-hybridized carbons (Fsp3) is 0.562. The smallest absolute Gasteiger partial charge is 0.302 e. The summed E-state index contributed by atoms with van der Waals surface area (Å²) in [5.41, 5.74) is 2.47. The van der Waals surface area contributed by atoms with Crippen molar-refractivity contribution in [2.24, 2.45) is 0 Å². The van der Waals surface area contributed by atoms with Crippen LogP contribution < -0.4 is 0 Å². The van der Waals surface area contributed by atoms with Crippen LogP contribution in [0.25, 0.3) is 0 Å². The molecular weight excluding hydrogens is 254 g/mol. The molecule has 110 valence electrons. The van der Waals surface area contributed by atoms with E-state index in [4.69, 9.17) is 4.74 Å². The maximum atomic E-state index is 11.0. The zero-order valence-corrected chi connectivity index (χ0v) is 12.2. The van der Waals surface area contributed by atoms with Crippen LogP contribution in [0.5, 0.6) is 0 Å². The Morgan fingerprint density at radius 2 is 2.15 bits per heavy atom. The zero-order chi connectivity index (χ0) is 14.5. The van der Waals surface area contributed by atoms with E-state index in [2.05, 4.69) is 36.1 Å². The fourth-order valence-corrected chi connectivity index (χ4v) is 2.88. The van der Waals surface area contributed by atoms with Gasteiger partial charge in [-0.25, -0.2) is 0 Å². The van der Waals surface area contributed by atoms with E-state index in [9.17, 15) is 9.90 Å². The number of hydrogen-bond donors (Lipinski definition) is 1. The Balaban J connectivity index is 2.05. The highest BCUT2D eigenvalue weighted by molar-refractivity contribution is 5.65. The van der Waals surface area contributed by atoms with Crippen LogP contribution in [0.4, 0.5) is 0 Å². The second-order valence-electron chi connectivity index (χ2n) is 5.53. The first kappa shape index (κ1) is 15.0. The molecule has 1 heterocycles. The topological polar surface area (TPSA) is 49.8 Å². The summed E-state index contributed by atoms with van der Waals surface area (Å²) in [7, 11) is 0. The molecular formula is C16H23NO3. The second-order valence-corrected chi connectivity index (χ2v) is 5.53. The first-order chi connectivity index (χ1) is 9.60. The lowest BCUT2D eigenvalue weighted by Crippen LogP contribution is -2.40. The molecule has 4 heteroatoms. The molecule has 0 spiro atoms. The zero-order valence-electron chi connectivity index (χ0n) is 12.2. The Morgan fingerprint density at radius 1 is 1.40 bits per heavy atom. The number of hydrogen-bond acceptors (Lipinski definition) is 4. The number of nitrogens with zero attached hydrogens (tertiary/aromatic N) is 1. The van der Waals surface area contributed by atoms with Crippen molar-refractivity contribution < 1.29 is 14.6 Å². The molecule has 20 heavy (non-hydrogen) atoms. The maximum absolute atomic E-state index is 11.0. The third-order valence-electron chi connectivity index (χ3n) is 3.91. The van der Waals surface area contributed by atoms with Crippen LogP contribution in [0.15, 0.2) is 24.3 Å². The normalized spacial score (nSPS) is 22.9. The summed E-state index contributed by atoms with van der Waals surface area (Å²) in [6.45, 7) is 4.87. The molecule has 1 aliphatic rings. The molecule has 0 amide bonds. The van der Waals surface area contributed by atoms with Crippen molar-refractivity contribution >= 4 is 5.97 Å². The molecule has 1 aromatic carbocycles. The maximum Gasteiger partial charge on any atom is 0.302 e. The lowest BCUT2D eigenvalue weighted by molar-refractivity contribution is -0.142. The van der Waals surface area contributed by atoms with E-state index in [0.29, 0.717) is 6.61 Å². The van der Waals surface area contributed by atoms with Gasteiger partial charge in [0.1, 0.15) is 6.61 Å². The van der Waals surface area contributed by atoms with Gasteiger partial charge >= 0.3 is 5.97 Å². The predicted octanol–water partition coefficient (Wildman–Crippen LogP) is 1.88. The molecule has 0 unspecified atom stereocenters. The van der Waals surface area contributed by atoms with Gasteiger partial charge in [0.05, 0.1) is 6.61 Å². The Bertz CT molecular complexity index is 461. The van der Waals surface area contributed by atoms with Crippen molar-refractivity contribution in [3.63, 3.8) is 0 Å². The number of benzene rings is 1. The van der Waals surface area contributed by atoms with Crippen molar-refractivity contribution in [2.45, 2.75) is 45.3 Å². The van der Waals surface area contributed by atoms with E-state index in [1.807, 2.05) is 0 Å². The number of carbonyl (C=O) groups is 1. The van der Waals surface area contributed by atoms with E-state index >= 15 is 0 Å². The Labute approximate surface area is 120 Å². The lowest BCUT2D eigenvalue weighted by atomic mass is 10.1. The molecule has 1 aromatic rings. The fourth-order valence-electron chi connectivity index (χ4n) is 2.88. The minimum absolute atomic E-state index is 0.155. The molecule has 2 atom stereocenters. The molecule has 0 saturated carbocycles. The van der Waals surface area contributed by atoms with E-state index in [1.165, 1.54) is 18.1 Å². The summed E-state index contributed by atoms with van der Waals surface area (Å²) in [6, 6.07) is 8.76. The minimum atomic E-state index is -0.243. The number of rotatable bonds is 5. The highest BCUT2D eigenvalue weighted by Crippen LogP contribution is 2.26. The first-order valence-electron chi connectivity index (χ1n) is 7.15. The van der Waals surface area contributed by atoms with E-state index in [1.54, 1.807) is 0 Å². The highest BCUT2D eigenvalue weighted by atomic mass is 16.5. The Morgan fingerprint density at radius 3 is 2.80 bits per heavy atom. The molecule has 1 aliphatic heterocycles. The van der Waals surface area contributed by atoms with Crippen molar-refractivity contribution in [1.82, 2.24) is 4.90 Å². The minimum Gasteiger partial charge on any atom is -0.464 e. The molecule has 0 bridgehead atoms. The van der Waals surface area contributed by atoms with Crippen molar-refractivity contribution in [3.8, 4) is 0 Å². The number of ether oxygens (including phenoxy) is 1. The summed E-state index contributed by atoms with van der Waals surface area (Å²) < 4.78 is 5.15. The van der Waals surface area contributed by atoms with Crippen LogP contribution in [-0.4, -0.2) is 41.3 Å². The number of aliphatic hydroxyl groups is 1. The number of aliphatic hydroxyl groups excluding tert-OH is 1. The summed E-state index contributed by atoms with van der Waals surface area (Å²) in [5, 5.41) is 9.51. The van der Waals surface area contributed by atoms with Gasteiger partial charge in [-0.05, 0) is 25.3 Å². The number of likely N-dealkylation sites (tertiary alicyclic amines) is 1. The van der Waals surface area contributed by atoms with Crippen LogP contribution in [0, 0.1) is 6.92 Å². The van der Waals surface area contributed by atoms with Gasteiger partial charge in [0, 0.05) is 25.6 Å². The van der Waals surface area contributed by atoms with Crippen LogP contribution in [0.3, 0.4) is 0 Å². The average molecular weight is 277 g/mol. The summed E-state index contributed by atoms with van der Waals surface area (Å²) in [6.07, 6.45) is 1.92. The van der Waals surface area contributed by atoms with Gasteiger partial charge in [-0.1, -0.05) is 29.8 Å². The number of esters is 1. The molecule has 4 nitrogen and oxygen atoms in total. The summed E-state index contributed by atoms with van der Waals surface area (Å²) in [5.74, 6) is -0.243. The lowest BCUT2D eigenvalue weighted by Gasteiger charge is -2.29. The Hall–Kier alpha value is -1.39. The Kier molecular flexibility index (Phi) is 5.15. The van der Waals surface area contributed by atoms with Gasteiger partial charge in [0.2, 0.25) is 0 Å². The van der Waals surface area contributed by atoms with Crippen LogP contribution >= 0.6 is 0 Å². The van der Waals surface area contributed by atoms with E-state index in [0.717, 1.165) is 19.4 Å². The van der Waals surface area contributed by atoms with Gasteiger partial charge < -0.3 is 9.84 Å². The largest absolute Gasteiger partial charge is 0.464 e. The monoisotopic (exact) mass is 277 g/mol. The first-order valence-corrected chi connectivity index (χ1v) is 7.15. The van der Waals surface area contributed by atoms with Crippen LogP contribution in [0.2, 0.25) is 0 Å². The molecule has 0 aliphatic carbocycles. The molecule has 1 N–H and O–H groups in total. The molecule has 0 radical (unpaired) electrons. The third kappa shape index (κ3) is 3.81. The predicted molar refractivity (Wildman–Crippen MR) is 77.3 cm³/mol. The van der Waals surface area contributed by atoms with Gasteiger partial charge in [-0.3, -0.25) is 9.69 Å². The van der Waals surface area contributed by atoms with E-state index < -0.39 is 0 Å². The SMILES string of the molecule is CC(=O)OC[C@@H]1CC[C@@H](CO)N1Cc1cccc(C)c1. The number of aryl methyl sites for hydroxylation is 1. The van der Waals surface area contributed by atoms with Gasteiger partial charge in [-0.2, -0.15) is 0 Å². The highest BCUT2D eigenvalue weighted by Gasteiger charge is 2.33. The molecule has 0 aromatic heterocycles. The van der Waals surface area contributed by atoms with Crippen LogP contribution in [-0.2, 0) is 16.1 Å². The van der Waals surface area contributed by atoms with E-state index in [-0.39, 0.29) is 24.7 Å². The number of carbonyl (C=O) groups excluding carboxylic acids is 1. The standard InChI is InChI=1S/C16H23NO3/c1-12-4-3-5-14(8-12)9-17-15(10-18)6-7-16(17)11-20-13(2)19/h3-5,8,15-16,18H,6-7,9-11H2,1-2H3/t15-,16-/m0/s1. The second kappa shape index (κ2) is 6.86. The average Bonchev–Trinajstić information content (AvgIpc) is 2.78. The quantitative estimate of drug-likeness (QED) is 0.835. The van der Waals surface area contributed by atoms with Gasteiger partial charge in [-0.15, -0.1) is 0 Å². The van der Waals surface area contributed by atoms with Gasteiger partial charge in [0.15, 0.2) is 0 Å². The van der Waals surface area contributed by atoms with Crippen molar-refractivity contribution in [1.29, 1.82) is 0 Å². The summed E-state index contributed by atoms with van der Waals surface area (Å²) in [4.78, 5) is 13.2. The molecule has 1 saturated heterocycles. The molecule has 1 fully saturated rings. The molecule has 2 rings (SSSR count). The van der Waals surface area contributed by atoms with Crippen molar-refractivity contribution in [2.75, 3.05) is 13.2 Å². The van der Waals surface area contributed by atoms with Crippen molar-refractivity contribution in [3.05, 3.63) is 35.4 Å². The summed E-state index contributed by atoms with van der Waals surface area (Å²) >= 11 is 0. The van der Waals surface area contributed by atoms with Gasteiger partial charge in [0.25, 0.3) is 0 Å².